The third-order valence-corrected chi connectivity index (χ3v) is 10.2. The summed E-state index contributed by atoms with van der Waals surface area (Å²) in [5, 5.41) is 1.82. The molecule has 0 N–H and O–H groups in total. The van der Waals surface area contributed by atoms with E-state index in [1.54, 1.807) is 46.2 Å². The fourth-order valence-electron chi connectivity index (χ4n) is 7.44. The molecule has 0 aliphatic heterocycles. The quantitative estimate of drug-likeness (QED) is 0.145. The van der Waals surface area contributed by atoms with Gasteiger partial charge >= 0.3 is 0 Å². The van der Waals surface area contributed by atoms with Crippen LogP contribution in [0.2, 0.25) is 0 Å². The number of halogens is 1. The van der Waals surface area contributed by atoms with E-state index in [1.165, 1.54) is 12.1 Å². The Morgan fingerprint density at radius 1 is 0.345 bits per heavy atom. The van der Waals surface area contributed by atoms with Gasteiger partial charge in [-0.15, -0.1) is 0 Å². The van der Waals surface area contributed by atoms with E-state index in [0.717, 1.165) is 27.5 Å². The van der Waals surface area contributed by atoms with Crippen molar-refractivity contribution in [2.45, 2.75) is 0 Å². The highest BCUT2D eigenvalue weighted by atomic mass is 19.1. The van der Waals surface area contributed by atoms with E-state index >= 15 is 0 Å². The first-order chi connectivity index (χ1) is 32.0. The van der Waals surface area contributed by atoms with Gasteiger partial charge in [-0.3, -0.25) is 0 Å². The summed E-state index contributed by atoms with van der Waals surface area (Å²) < 4.78 is 90.5. The standard InChI is InChI=1S/C54H38FN3/c55-43-28-34-49(35-29-43)58-53-19-11-10-18-51(53)52-38-50(36-37-54(52)58)57(46-16-8-3-9-17-46)48-32-26-42(27-33-48)40-22-20-39(21-23-40)41-24-30-47(31-25-41)56(44-12-4-1-5-13-44)45-14-6-2-7-15-45/h1-38H/i24D,25D,26D,27D,30D,31D,32D,33D. The minimum Gasteiger partial charge on any atom is -0.311 e. The second-order valence-corrected chi connectivity index (χ2v) is 13.7. The fraction of sp³-hybridized carbons (Fsp3) is 0. The molecule has 1 heterocycles. The number of fused-ring (bicyclic) bond motifs is 3. The topological polar surface area (TPSA) is 11.4 Å². The molecule has 3 nitrogen and oxygen atoms in total. The van der Waals surface area contributed by atoms with E-state index in [-0.39, 0.29) is 76.7 Å². The van der Waals surface area contributed by atoms with Crippen LogP contribution in [-0.4, -0.2) is 4.57 Å². The van der Waals surface area contributed by atoms with Crippen molar-refractivity contribution in [3.63, 3.8) is 0 Å². The molecular formula is C54H38FN3. The second-order valence-electron chi connectivity index (χ2n) is 13.7. The molecule has 0 aliphatic rings. The minimum atomic E-state index is -0.336. The monoisotopic (exact) mass is 755 g/mol. The average molecular weight is 756 g/mol. The SMILES string of the molecule is [2H]c1c([2H])c(N(c2ccccc2)c2ccccc2)c([2H])c([2H])c1-c1ccc(-c2c([2H])c([2H])c(N(c3ccccc3)c3ccc4c(c3)c3ccccc3n4-c3ccc(F)cc3)c([2H])c2[2H])cc1. The highest BCUT2D eigenvalue weighted by Crippen LogP contribution is 2.41. The zero-order valence-corrected chi connectivity index (χ0v) is 31.0. The van der Waals surface area contributed by atoms with Crippen LogP contribution in [0, 0.1) is 5.82 Å². The third kappa shape index (κ3) is 6.57. The van der Waals surface area contributed by atoms with Crippen molar-refractivity contribution in [2.75, 3.05) is 9.80 Å². The van der Waals surface area contributed by atoms with Crippen LogP contribution < -0.4 is 9.80 Å². The Labute approximate surface area is 349 Å². The Morgan fingerprint density at radius 3 is 1.28 bits per heavy atom. The van der Waals surface area contributed by atoms with Gasteiger partial charge in [-0.2, -0.15) is 0 Å². The molecule has 9 aromatic carbocycles. The second kappa shape index (κ2) is 15.1. The molecule has 0 bridgehead atoms. The van der Waals surface area contributed by atoms with Crippen molar-refractivity contribution in [1.82, 2.24) is 4.57 Å². The summed E-state index contributed by atoms with van der Waals surface area (Å²) in [6.07, 6.45) is 0. The van der Waals surface area contributed by atoms with Gasteiger partial charge in [0.2, 0.25) is 0 Å². The minimum absolute atomic E-state index is 0.0574. The summed E-state index contributed by atoms with van der Waals surface area (Å²) in [6.45, 7) is 0. The smallest absolute Gasteiger partial charge is 0.123 e. The van der Waals surface area contributed by atoms with Gasteiger partial charge in [0.1, 0.15) is 5.82 Å². The molecule has 0 saturated carbocycles. The summed E-state index contributed by atoms with van der Waals surface area (Å²) >= 11 is 0. The maximum atomic E-state index is 14.0. The highest BCUT2D eigenvalue weighted by molar-refractivity contribution is 6.10. The molecule has 10 aromatic rings. The first-order valence-corrected chi connectivity index (χ1v) is 18.9. The lowest BCUT2D eigenvalue weighted by molar-refractivity contribution is 0.627. The first-order valence-electron chi connectivity index (χ1n) is 22.9. The normalized spacial score (nSPS) is 13.1. The summed E-state index contributed by atoms with van der Waals surface area (Å²) in [6, 6.07) is 52.4. The third-order valence-electron chi connectivity index (χ3n) is 10.2. The number of anilines is 6. The van der Waals surface area contributed by atoms with Crippen LogP contribution in [0.25, 0.3) is 49.7 Å². The van der Waals surface area contributed by atoms with Gasteiger partial charge in [0.25, 0.3) is 0 Å². The maximum absolute atomic E-state index is 14.0. The van der Waals surface area contributed by atoms with Crippen LogP contribution in [0.15, 0.2) is 230 Å². The van der Waals surface area contributed by atoms with Crippen molar-refractivity contribution < 1.29 is 15.4 Å². The predicted molar refractivity (Wildman–Crippen MR) is 241 cm³/mol. The summed E-state index contributed by atoms with van der Waals surface area (Å²) in [5.74, 6) is -0.336. The molecule has 0 spiro atoms. The molecule has 276 valence electrons. The van der Waals surface area contributed by atoms with Crippen molar-refractivity contribution in [2.24, 2.45) is 0 Å². The number of rotatable bonds is 9. The number of benzene rings is 9. The molecular weight excluding hydrogens is 710 g/mol. The molecule has 0 aliphatic carbocycles. The van der Waals surface area contributed by atoms with E-state index in [0.29, 0.717) is 33.9 Å². The van der Waals surface area contributed by atoms with Gasteiger partial charge in [0.15, 0.2) is 0 Å². The van der Waals surface area contributed by atoms with Crippen molar-refractivity contribution >= 4 is 55.9 Å². The molecule has 4 heteroatoms. The Morgan fingerprint density at radius 2 is 0.776 bits per heavy atom. The molecule has 58 heavy (non-hydrogen) atoms. The van der Waals surface area contributed by atoms with E-state index in [4.69, 9.17) is 2.74 Å². The molecule has 0 fully saturated rings. The Hall–Kier alpha value is -7.69. The Bertz CT molecular complexity index is 3360. The van der Waals surface area contributed by atoms with Crippen molar-refractivity contribution in [3.05, 3.63) is 236 Å². The molecule has 0 unspecified atom stereocenters. The number of para-hydroxylation sites is 4. The highest BCUT2D eigenvalue weighted by Gasteiger charge is 2.18. The van der Waals surface area contributed by atoms with Crippen LogP contribution in [0.5, 0.6) is 0 Å². The summed E-state index contributed by atoms with van der Waals surface area (Å²) in [7, 11) is 0. The lowest BCUT2D eigenvalue weighted by Gasteiger charge is -2.26. The van der Waals surface area contributed by atoms with Crippen LogP contribution in [-0.2, 0) is 0 Å². The predicted octanol–water partition coefficient (Wildman–Crippen LogP) is 15.2. The van der Waals surface area contributed by atoms with Crippen LogP contribution >= 0.6 is 0 Å². The molecule has 0 saturated heterocycles. The van der Waals surface area contributed by atoms with Gasteiger partial charge < -0.3 is 14.4 Å². The van der Waals surface area contributed by atoms with Crippen LogP contribution in [0.3, 0.4) is 0 Å². The number of hydrogen-bond acceptors (Lipinski definition) is 2. The summed E-state index contributed by atoms with van der Waals surface area (Å²) in [4.78, 5) is 3.45. The molecule has 10 rings (SSSR count). The van der Waals surface area contributed by atoms with Crippen LogP contribution in [0.4, 0.5) is 38.5 Å². The zero-order valence-electron chi connectivity index (χ0n) is 39.0. The van der Waals surface area contributed by atoms with Crippen molar-refractivity contribution in [3.8, 4) is 27.9 Å². The van der Waals surface area contributed by atoms with Crippen LogP contribution in [0.1, 0.15) is 11.0 Å². The lowest BCUT2D eigenvalue weighted by atomic mass is 9.99. The van der Waals surface area contributed by atoms with Gasteiger partial charge in [-0.25, -0.2) is 4.39 Å². The number of nitrogens with zero attached hydrogens (tertiary/aromatic N) is 3. The Balaban J connectivity index is 1.06. The van der Waals surface area contributed by atoms with E-state index in [1.807, 2.05) is 133 Å². The summed E-state index contributed by atoms with van der Waals surface area (Å²) in [5.41, 5.74) is 6.24. The largest absolute Gasteiger partial charge is 0.311 e. The van der Waals surface area contributed by atoms with Gasteiger partial charge in [-0.05, 0) is 131 Å². The number of hydrogen-bond donors (Lipinski definition) is 0. The zero-order chi connectivity index (χ0) is 45.8. The van der Waals surface area contributed by atoms with Gasteiger partial charge in [0.05, 0.1) is 22.0 Å². The van der Waals surface area contributed by atoms with E-state index in [9.17, 15) is 12.6 Å². The Kier molecular flexibility index (Phi) is 7.03. The number of aromatic nitrogens is 1. The van der Waals surface area contributed by atoms with E-state index in [2.05, 4.69) is 4.57 Å². The van der Waals surface area contributed by atoms with Crippen molar-refractivity contribution in [1.29, 1.82) is 0 Å². The average Bonchev–Trinajstić information content (AvgIpc) is 3.68. The maximum Gasteiger partial charge on any atom is 0.123 e. The molecule has 1 aromatic heterocycles. The molecule has 0 atom stereocenters. The van der Waals surface area contributed by atoms with E-state index < -0.39 is 0 Å². The lowest BCUT2D eigenvalue weighted by Crippen LogP contribution is -2.09. The fourth-order valence-corrected chi connectivity index (χ4v) is 7.44. The van der Waals surface area contributed by atoms with Gasteiger partial charge in [-0.1, -0.05) is 121 Å². The van der Waals surface area contributed by atoms with Gasteiger partial charge in [0, 0.05) is 50.6 Å². The first kappa shape index (κ1) is 27.0. The molecule has 0 amide bonds. The molecule has 0 radical (unpaired) electrons.